The lowest BCUT2D eigenvalue weighted by Gasteiger charge is -2.31. The molecule has 0 atom stereocenters. The predicted molar refractivity (Wildman–Crippen MR) is 112 cm³/mol. The molecule has 156 valence electrons. The van der Waals surface area contributed by atoms with Crippen molar-refractivity contribution in [3.05, 3.63) is 27.6 Å². The standard InChI is InChI=1S/C20H23ClN2O5S/c1-3-28-15-9-13(8-14(21)18(15)25)10-16-19(26)23(20(27)29-16)11-17(24)22-6-4-12(2)5-7-22/h8-10,12,25H,3-7,11H2,1-2H3/b16-10-. The molecule has 0 unspecified atom stereocenters. The number of phenolic OH excluding ortho intramolecular Hbond substituents is 1. The van der Waals surface area contributed by atoms with E-state index in [1.807, 2.05) is 0 Å². The van der Waals surface area contributed by atoms with Crippen molar-refractivity contribution < 1.29 is 24.2 Å². The first-order valence-electron chi connectivity index (χ1n) is 9.48. The number of hydrogen-bond acceptors (Lipinski definition) is 6. The van der Waals surface area contributed by atoms with Crippen molar-refractivity contribution in [2.45, 2.75) is 26.7 Å². The summed E-state index contributed by atoms with van der Waals surface area (Å²) in [5.41, 5.74) is 0.512. The summed E-state index contributed by atoms with van der Waals surface area (Å²) in [6, 6.07) is 3.02. The molecule has 7 nitrogen and oxygen atoms in total. The average Bonchev–Trinajstić information content (AvgIpc) is 2.93. The van der Waals surface area contributed by atoms with Crippen LogP contribution in [0.3, 0.4) is 0 Å². The Morgan fingerprint density at radius 2 is 2.03 bits per heavy atom. The quantitative estimate of drug-likeness (QED) is 0.704. The van der Waals surface area contributed by atoms with Gasteiger partial charge in [-0.05, 0) is 61.2 Å². The molecular formula is C20H23ClN2O5S. The highest BCUT2D eigenvalue weighted by Gasteiger charge is 2.37. The number of nitrogens with zero attached hydrogens (tertiary/aromatic N) is 2. The topological polar surface area (TPSA) is 87.2 Å². The van der Waals surface area contributed by atoms with Crippen molar-refractivity contribution >= 4 is 46.5 Å². The molecule has 0 bridgehead atoms. The third kappa shape index (κ3) is 4.87. The summed E-state index contributed by atoms with van der Waals surface area (Å²) < 4.78 is 5.34. The van der Waals surface area contributed by atoms with Crippen LogP contribution in [-0.2, 0) is 9.59 Å². The van der Waals surface area contributed by atoms with Crippen LogP contribution in [0.15, 0.2) is 17.0 Å². The molecule has 2 saturated heterocycles. The van der Waals surface area contributed by atoms with Crippen LogP contribution >= 0.6 is 23.4 Å². The Balaban J connectivity index is 1.74. The second-order valence-electron chi connectivity index (χ2n) is 7.11. The average molecular weight is 439 g/mol. The Kier molecular flexibility index (Phi) is 6.74. The predicted octanol–water partition coefficient (Wildman–Crippen LogP) is 3.74. The first-order chi connectivity index (χ1) is 13.8. The number of phenols is 1. The number of likely N-dealkylation sites (tertiary alicyclic amines) is 1. The number of amides is 3. The number of carbonyl (C=O) groups excluding carboxylic acids is 3. The van der Waals surface area contributed by atoms with Crippen LogP contribution < -0.4 is 4.74 Å². The number of aromatic hydroxyl groups is 1. The summed E-state index contributed by atoms with van der Waals surface area (Å²) in [4.78, 5) is 40.4. The highest BCUT2D eigenvalue weighted by molar-refractivity contribution is 8.18. The van der Waals surface area contributed by atoms with Crippen LogP contribution in [-0.4, -0.2) is 58.2 Å². The van der Waals surface area contributed by atoms with Crippen molar-refractivity contribution in [2.24, 2.45) is 5.92 Å². The Morgan fingerprint density at radius 3 is 2.69 bits per heavy atom. The zero-order valence-corrected chi connectivity index (χ0v) is 17.9. The van der Waals surface area contributed by atoms with Gasteiger partial charge in [-0.1, -0.05) is 18.5 Å². The molecular weight excluding hydrogens is 416 g/mol. The first-order valence-corrected chi connectivity index (χ1v) is 10.7. The Hall–Kier alpha value is -2.19. The van der Waals surface area contributed by atoms with Gasteiger partial charge in [-0.3, -0.25) is 19.3 Å². The smallest absolute Gasteiger partial charge is 0.294 e. The van der Waals surface area contributed by atoms with Crippen LogP contribution in [0.5, 0.6) is 11.5 Å². The molecule has 0 aliphatic carbocycles. The number of hydrogen-bond donors (Lipinski definition) is 1. The first kappa shape index (κ1) is 21.5. The highest BCUT2D eigenvalue weighted by Crippen LogP contribution is 2.38. The molecule has 1 aromatic rings. The van der Waals surface area contributed by atoms with E-state index < -0.39 is 11.1 Å². The van der Waals surface area contributed by atoms with Gasteiger partial charge < -0.3 is 14.7 Å². The monoisotopic (exact) mass is 438 g/mol. The minimum Gasteiger partial charge on any atom is -0.503 e. The van der Waals surface area contributed by atoms with Gasteiger partial charge in [0.25, 0.3) is 11.1 Å². The second-order valence-corrected chi connectivity index (χ2v) is 8.51. The largest absolute Gasteiger partial charge is 0.503 e. The van der Waals surface area contributed by atoms with Gasteiger partial charge in [0.1, 0.15) is 6.54 Å². The van der Waals surface area contributed by atoms with Gasteiger partial charge in [0.15, 0.2) is 11.5 Å². The molecule has 1 N–H and O–H groups in total. The van der Waals surface area contributed by atoms with E-state index in [0.29, 0.717) is 31.2 Å². The maximum Gasteiger partial charge on any atom is 0.294 e. The number of piperidine rings is 1. The molecule has 3 amide bonds. The number of rotatable bonds is 5. The molecule has 0 spiro atoms. The van der Waals surface area contributed by atoms with Gasteiger partial charge in [-0.15, -0.1) is 0 Å². The van der Waals surface area contributed by atoms with E-state index in [2.05, 4.69) is 6.92 Å². The zero-order chi connectivity index (χ0) is 21.1. The summed E-state index contributed by atoms with van der Waals surface area (Å²) in [6.07, 6.45) is 3.36. The highest BCUT2D eigenvalue weighted by atomic mass is 35.5. The van der Waals surface area contributed by atoms with E-state index in [1.54, 1.807) is 17.9 Å². The van der Waals surface area contributed by atoms with Crippen molar-refractivity contribution in [2.75, 3.05) is 26.2 Å². The van der Waals surface area contributed by atoms with Gasteiger partial charge >= 0.3 is 0 Å². The van der Waals surface area contributed by atoms with Gasteiger partial charge in [0.05, 0.1) is 16.5 Å². The van der Waals surface area contributed by atoms with Crippen LogP contribution in [0.4, 0.5) is 4.79 Å². The SMILES string of the molecule is CCOc1cc(/C=C2\SC(=O)N(CC(=O)N3CCC(C)CC3)C2=O)cc(Cl)c1O. The van der Waals surface area contributed by atoms with E-state index in [-0.39, 0.29) is 33.9 Å². The molecule has 1 aromatic carbocycles. The number of halogens is 1. The number of carbonyl (C=O) groups is 3. The molecule has 3 rings (SSSR count). The fourth-order valence-electron chi connectivity index (χ4n) is 3.22. The van der Waals surface area contributed by atoms with Gasteiger partial charge in [-0.2, -0.15) is 0 Å². The molecule has 2 heterocycles. The molecule has 9 heteroatoms. The minimum absolute atomic E-state index is 0.0796. The summed E-state index contributed by atoms with van der Waals surface area (Å²) in [5.74, 6) is -0.134. The maximum absolute atomic E-state index is 12.7. The lowest BCUT2D eigenvalue weighted by Crippen LogP contribution is -2.45. The van der Waals surface area contributed by atoms with Crippen molar-refractivity contribution in [3.8, 4) is 11.5 Å². The molecule has 0 radical (unpaired) electrons. The third-order valence-corrected chi connectivity index (χ3v) is 6.15. The van der Waals surface area contributed by atoms with E-state index in [0.717, 1.165) is 29.5 Å². The van der Waals surface area contributed by atoms with Crippen LogP contribution in [0.1, 0.15) is 32.3 Å². The lowest BCUT2D eigenvalue weighted by molar-refractivity contribution is -0.136. The summed E-state index contributed by atoms with van der Waals surface area (Å²) in [5, 5.41) is 9.54. The normalized spacial score (nSPS) is 19.3. The minimum atomic E-state index is -0.513. The number of ether oxygens (including phenoxy) is 1. The molecule has 2 fully saturated rings. The van der Waals surface area contributed by atoms with E-state index in [1.165, 1.54) is 12.1 Å². The maximum atomic E-state index is 12.7. The van der Waals surface area contributed by atoms with Gasteiger partial charge in [-0.25, -0.2) is 0 Å². The van der Waals surface area contributed by atoms with E-state index >= 15 is 0 Å². The van der Waals surface area contributed by atoms with E-state index in [9.17, 15) is 19.5 Å². The fourth-order valence-corrected chi connectivity index (χ4v) is 4.28. The number of thioether (sulfide) groups is 1. The second kappa shape index (κ2) is 9.09. The molecule has 2 aliphatic rings. The number of imide groups is 1. The Bertz CT molecular complexity index is 865. The summed E-state index contributed by atoms with van der Waals surface area (Å²) in [7, 11) is 0. The van der Waals surface area contributed by atoms with Crippen molar-refractivity contribution in [1.82, 2.24) is 9.80 Å². The molecule has 29 heavy (non-hydrogen) atoms. The van der Waals surface area contributed by atoms with Crippen LogP contribution in [0, 0.1) is 5.92 Å². The molecule has 0 aromatic heterocycles. The van der Waals surface area contributed by atoms with Gasteiger partial charge in [0.2, 0.25) is 5.91 Å². The zero-order valence-electron chi connectivity index (χ0n) is 16.3. The number of benzene rings is 1. The summed E-state index contributed by atoms with van der Waals surface area (Å²) in [6.45, 7) is 5.30. The Labute approximate surface area is 178 Å². The van der Waals surface area contributed by atoms with Crippen LogP contribution in [0.25, 0.3) is 6.08 Å². The molecule has 0 saturated carbocycles. The molecule has 2 aliphatic heterocycles. The van der Waals surface area contributed by atoms with Crippen LogP contribution in [0.2, 0.25) is 5.02 Å². The lowest BCUT2D eigenvalue weighted by atomic mass is 9.99. The Morgan fingerprint density at radius 1 is 1.34 bits per heavy atom. The third-order valence-electron chi connectivity index (χ3n) is 4.95. The van der Waals surface area contributed by atoms with Crippen molar-refractivity contribution in [3.63, 3.8) is 0 Å². The van der Waals surface area contributed by atoms with E-state index in [4.69, 9.17) is 16.3 Å². The van der Waals surface area contributed by atoms with Gasteiger partial charge in [0, 0.05) is 13.1 Å². The van der Waals surface area contributed by atoms with Crippen molar-refractivity contribution in [1.29, 1.82) is 0 Å². The fraction of sp³-hybridized carbons (Fsp3) is 0.450. The summed E-state index contributed by atoms with van der Waals surface area (Å²) >= 11 is 6.80.